The highest BCUT2D eigenvalue weighted by Crippen LogP contribution is 2.19. The Morgan fingerprint density at radius 3 is 2.76 bits per heavy atom. The number of anilines is 1. The quantitative estimate of drug-likeness (QED) is 0.798. The molecule has 0 spiro atoms. The number of rotatable bonds is 5. The molecule has 0 amide bonds. The van der Waals surface area contributed by atoms with E-state index in [1.54, 1.807) is 0 Å². The van der Waals surface area contributed by atoms with Crippen LogP contribution in [-0.2, 0) is 9.84 Å². The first-order valence-corrected chi connectivity index (χ1v) is 9.34. The second kappa shape index (κ2) is 6.70. The Labute approximate surface area is 127 Å². The van der Waals surface area contributed by atoms with Crippen molar-refractivity contribution in [2.75, 3.05) is 43.6 Å². The number of aryl methyl sites for hydroxylation is 1. The van der Waals surface area contributed by atoms with Crippen LogP contribution in [0.5, 0.6) is 0 Å². The Bertz CT molecular complexity index is 559. The molecule has 21 heavy (non-hydrogen) atoms. The van der Waals surface area contributed by atoms with Crippen molar-refractivity contribution >= 4 is 15.7 Å². The standard InChI is InChI=1S/C14H24N4O2S/c1-12-6-7-14(16-15-12)18-8-4-5-13(11-18)17(2)9-10-21(3,19)20/h6-7,13H,4-5,8-11H2,1-3H3/t13-/m1/s1. The van der Waals surface area contributed by atoms with Crippen LogP contribution in [0.3, 0.4) is 0 Å². The molecule has 6 nitrogen and oxygen atoms in total. The van der Waals surface area contributed by atoms with Gasteiger partial charge in [0.1, 0.15) is 9.84 Å². The molecule has 0 unspecified atom stereocenters. The van der Waals surface area contributed by atoms with Gasteiger partial charge in [0.05, 0.1) is 11.4 Å². The third-order valence-corrected chi connectivity index (χ3v) is 4.87. The summed E-state index contributed by atoms with van der Waals surface area (Å²) in [5.74, 6) is 1.12. The fourth-order valence-electron chi connectivity index (χ4n) is 2.58. The zero-order valence-corrected chi connectivity index (χ0v) is 13.8. The maximum absolute atomic E-state index is 11.3. The van der Waals surface area contributed by atoms with Crippen molar-refractivity contribution < 1.29 is 8.42 Å². The molecule has 1 aliphatic rings. The number of sulfone groups is 1. The van der Waals surface area contributed by atoms with Crippen LogP contribution in [0.2, 0.25) is 0 Å². The largest absolute Gasteiger partial charge is 0.354 e. The van der Waals surface area contributed by atoms with E-state index in [0.29, 0.717) is 12.6 Å². The van der Waals surface area contributed by atoms with Crippen molar-refractivity contribution in [1.82, 2.24) is 15.1 Å². The highest BCUT2D eigenvalue weighted by Gasteiger charge is 2.24. The predicted molar refractivity (Wildman–Crippen MR) is 84.3 cm³/mol. The molecule has 1 saturated heterocycles. The molecule has 1 atom stereocenters. The van der Waals surface area contributed by atoms with Gasteiger partial charge < -0.3 is 9.80 Å². The lowest BCUT2D eigenvalue weighted by Gasteiger charge is -2.38. The smallest absolute Gasteiger partial charge is 0.151 e. The first-order valence-electron chi connectivity index (χ1n) is 7.28. The van der Waals surface area contributed by atoms with Gasteiger partial charge in [0, 0.05) is 31.9 Å². The maximum atomic E-state index is 11.3. The molecule has 0 bridgehead atoms. The van der Waals surface area contributed by atoms with Gasteiger partial charge in [-0.1, -0.05) is 0 Å². The molecule has 7 heteroatoms. The third kappa shape index (κ3) is 4.93. The van der Waals surface area contributed by atoms with E-state index in [1.807, 2.05) is 26.1 Å². The van der Waals surface area contributed by atoms with Crippen LogP contribution in [0, 0.1) is 6.92 Å². The zero-order chi connectivity index (χ0) is 15.5. The number of hydrogen-bond donors (Lipinski definition) is 0. The van der Waals surface area contributed by atoms with Crippen molar-refractivity contribution in [2.45, 2.75) is 25.8 Å². The van der Waals surface area contributed by atoms with Gasteiger partial charge in [0.2, 0.25) is 0 Å². The summed E-state index contributed by atoms with van der Waals surface area (Å²) in [6.07, 6.45) is 3.47. The van der Waals surface area contributed by atoms with Gasteiger partial charge in [-0.3, -0.25) is 0 Å². The molecular formula is C14H24N4O2S. The van der Waals surface area contributed by atoms with Crippen LogP contribution in [0.1, 0.15) is 18.5 Å². The van der Waals surface area contributed by atoms with Crippen LogP contribution < -0.4 is 4.90 Å². The Kier molecular flexibility index (Phi) is 5.16. The highest BCUT2D eigenvalue weighted by atomic mass is 32.2. The van der Waals surface area contributed by atoms with Gasteiger partial charge >= 0.3 is 0 Å². The van der Waals surface area contributed by atoms with Crippen molar-refractivity contribution in [3.8, 4) is 0 Å². The average molecular weight is 312 g/mol. The fraction of sp³-hybridized carbons (Fsp3) is 0.714. The Balaban J connectivity index is 1.95. The molecule has 0 N–H and O–H groups in total. The zero-order valence-electron chi connectivity index (χ0n) is 13.0. The van der Waals surface area contributed by atoms with Gasteiger partial charge in [-0.25, -0.2) is 8.42 Å². The summed E-state index contributed by atoms with van der Waals surface area (Å²) in [5, 5.41) is 8.35. The normalized spacial score (nSPS) is 20.0. The van der Waals surface area contributed by atoms with Crippen molar-refractivity contribution in [3.63, 3.8) is 0 Å². The SMILES string of the molecule is Cc1ccc(N2CCC[C@@H](N(C)CCS(C)(=O)=O)C2)nn1. The van der Waals surface area contributed by atoms with Gasteiger partial charge in [0.15, 0.2) is 5.82 Å². The summed E-state index contributed by atoms with van der Waals surface area (Å²) in [6, 6.07) is 4.34. The third-order valence-electron chi connectivity index (χ3n) is 3.94. The minimum Gasteiger partial charge on any atom is -0.354 e. The molecule has 0 aliphatic carbocycles. The minimum absolute atomic E-state index is 0.213. The fourth-order valence-corrected chi connectivity index (χ4v) is 3.20. The molecule has 0 aromatic carbocycles. The number of piperidine rings is 1. The Morgan fingerprint density at radius 2 is 2.14 bits per heavy atom. The van der Waals surface area contributed by atoms with E-state index in [2.05, 4.69) is 20.0 Å². The maximum Gasteiger partial charge on any atom is 0.151 e. The molecule has 2 rings (SSSR count). The van der Waals surface area contributed by atoms with Crippen LogP contribution in [0.4, 0.5) is 5.82 Å². The minimum atomic E-state index is -2.91. The monoisotopic (exact) mass is 312 g/mol. The van der Waals surface area contributed by atoms with E-state index < -0.39 is 9.84 Å². The first kappa shape index (κ1) is 16.2. The molecule has 118 valence electrons. The summed E-state index contributed by atoms with van der Waals surface area (Å²) in [4.78, 5) is 4.38. The Hall–Kier alpha value is -1.21. The lowest BCUT2D eigenvalue weighted by atomic mass is 10.0. The van der Waals surface area contributed by atoms with Gasteiger partial charge in [0.25, 0.3) is 0 Å². The molecule has 1 fully saturated rings. The number of likely N-dealkylation sites (N-methyl/N-ethyl adjacent to an activating group) is 1. The molecule has 2 heterocycles. The van der Waals surface area contributed by atoms with Gasteiger partial charge in [-0.15, -0.1) is 5.10 Å². The summed E-state index contributed by atoms with van der Waals surface area (Å²) in [6.45, 7) is 4.36. The van der Waals surface area contributed by atoms with Crippen LogP contribution >= 0.6 is 0 Å². The van der Waals surface area contributed by atoms with Gasteiger partial charge in [-0.2, -0.15) is 5.10 Å². The molecule has 0 saturated carbocycles. The topological polar surface area (TPSA) is 66.4 Å². The molecule has 1 aromatic rings. The van der Waals surface area contributed by atoms with E-state index >= 15 is 0 Å². The molecule has 1 aromatic heterocycles. The van der Waals surface area contributed by atoms with Crippen LogP contribution in [-0.4, -0.2) is 68.2 Å². The summed E-state index contributed by atoms with van der Waals surface area (Å²) >= 11 is 0. The second-order valence-electron chi connectivity index (χ2n) is 5.89. The summed E-state index contributed by atoms with van der Waals surface area (Å²) < 4.78 is 22.6. The second-order valence-corrected chi connectivity index (χ2v) is 8.15. The van der Waals surface area contributed by atoms with Crippen molar-refractivity contribution in [3.05, 3.63) is 17.8 Å². The van der Waals surface area contributed by atoms with Crippen molar-refractivity contribution in [2.24, 2.45) is 0 Å². The van der Waals surface area contributed by atoms with E-state index in [4.69, 9.17) is 0 Å². The van der Waals surface area contributed by atoms with Gasteiger partial charge in [-0.05, 0) is 38.9 Å². The van der Waals surface area contributed by atoms with Crippen LogP contribution in [0.15, 0.2) is 12.1 Å². The van der Waals surface area contributed by atoms with Crippen LogP contribution in [0.25, 0.3) is 0 Å². The Morgan fingerprint density at radius 1 is 1.38 bits per heavy atom. The van der Waals surface area contributed by atoms with E-state index in [1.165, 1.54) is 6.26 Å². The lowest BCUT2D eigenvalue weighted by molar-refractivity contribution is 0.226. The van der Waals surface area contributed by atoms with E-state index in [-0.39, 0.29) is 5.75 Å². The molecule has 0 radical (unpaired) electrons. The number of hydrogen-bond acceptors (Lipinski definition) is 6. The molecular weight excluding hydrogens is 288 g/mol. The highest BCUT2D eigenvalue weighted by molar-refractivity contribution is 7.90. The van der Waals surface area contributed by atoms with E-state index in [0.717, 1.165) is 37.4 Å². The lowest BCUT2D eigenvalue weighted by Crippen LogP contribution is -2.48. The number of nitrogens with zero attached hydrogens (tertiary/aromatic N) is 4. The summed E-state index contributed by atoms with van der Waals surface area (Å²) in [7, 11) is -0.906. The summed E-state index contributed by atoms with van der Waals surface area (Å²) in [5.41, 5.74) is 0.914. The number of aromatic nitrogens is 2. The van der Waals surface area contributed by atoms with Crippen molar-refractivity contribution in [1.29, 1.82) is 0 Å². The first-order chi connectivity index (χ1) is 9.85. The van der Waals surface area contributed by atoms with E-state index in [9.17, 15) is 8.42 Å². The molecule has 1 aliphatic heterocycles. The predicted octanol–water partition coefficient (Wildman–Crippen LogP) is 0.730. The average Bonchev–Trinajstić information content (AvgIpc) is 2.45.